The fourth-order valence-electron chi connectivity index (χ4n) is 2.25. The predicted octanol–water partition coefficient (Wildman–Crippen LogP) is 2.97. The van der Waals surface area contributed by atoms with Crippen molar-refractivity contribution >= 4 is 12.1 Å². The van der Waals surface area contributed by atoms with Crippen LogP contribution in [0.25, 0.3) is 0 Å². The lowest BCUT2D eigenvalue weighted by atomic mass is 10.1. The van der Waals surface area contributed by atoms with E-state index in [0.29, 0.717) is 25.0 Å². The summed E-state index contributed by atoms with van der Waals surface area (Å²) in [6.45, 7) is 2.58. The number of ether oxygens (including phenoxy) is 1. The zero-order valence-electron chi connectivity index (χ0n) is 14.1. The van der Waals surface area contributed by atoms with Crippen molar-refractivity contribution in [1.82, 2.24) is 5.43 Å². The second-order valence-electron chi connectivity index (χ2n) is 5.44. The first-order chi connectivity index (χ1) is 12.1. The van der Waals surface area contributed by atoms with Crippen LogP contribution in [0.3, 0.4) is 0 Å². The van der Waals surface area contributed by atoms with Crippen molar-refractivity contribution in [3.63, 3.8) is 0 Å². The van der Waals surface area contributed by atoms with Crippen LogP contribution in [0.2, 0.25) is 0 Å². The van der Waals surface area contributed by atoms with Crippen molar-refractivity contribution in [3.05, 3.63) is 53.6 Å². The van der Waals surface area contributed by atoms with Crippen molar-refractivity contribution < 1.29 is 19.7 Å². The molecule has 0 bridgehead atoms. The molecule has 2 aromatic rings. The average molecular weight is 342 g/mol. The fraction of sp³-hybridized carbons (Fsp3) is 0.263. The van der Waals surface area contributed by atoms with Gasteiger partial charge in [0.1, 0.15) is 5.75 Å². The maximum absolute atomic E-state index is 11.8. The molecule has 25 heavy (non-hydrogen) atoms. The van der Waals surface area contributed by atoms with Crippen molar-refractivity contribution in [2.75, 3.05) is 6.61 Å². The van der Waals surface area contributed by atoms with E-state index in [0.717, 1.165) is 17.7 Å². The van der Waals surface area contributed by atoms with E-state index in [1.54, 1.807) is 12.1 Å². The first kappa shape index (κ1) is 18.3. The monoisotopic (exact) mass is 342 g/mol. The number of nitrogens with one attached hydrogen (secondary N) is 1. The van der Waals surface area contributed by atoms with Crippen molar-refractivity contribution in [1.29, 1.82) is 0 Å². The molecule has 0 atom stereocenters. The van der Waals surface area contributed by atoms with Gasteiger partial charge in [0.25, 0.3) is 0 Å². The van der Waals surface area contributed by atoms with Crippen LogP contribution in [-0.2, 0) is 11.2 Å². The van der Waals surface area contributed by atoms with E-state index in [2.05, 4.69) is 10.5 Å². The van der Waals surface area contributed by atoms with Crippen LogP contribution in [0.4, 0.5) is 0 Å². The number of para-hydroxylation sites is 1. The Balaban J connectivity index is 1.73. The van der Waals surface area contributed by atoms with Gasteiger partial charge in [0.15, 0.2) is 11.5 Å². The molecule has 0 aliphatic carbocycles. The number of rotatable bonds is 8. The third kappa shape index (κ3) is 5.84. The highest BCUT2D eigenvalue weighted by Gasteiger charge is 2.04. The maximum atomic E-state index is 11.8. The topological polar surface area (TPSA) is 91.2 Å². The molecule has 0 spiro atoms. The lowest BCUT2D eigenvalue weighted by molar-refractivity contribution is -0.121. The smallest absolute Gasteiger partial charge is 0.240 e. The highest BCUT2D eigenvalue weighted by molar-refractivity contribution is 5.86. The van der Waals surface area contributed by atoms with Gasteiger partial charge < -0.3 is 14.9 Å². The zero-order valence-corrected chi connectivity index (χ0v) is 14.1. The summed E-state index contributed by atoms with van der Waals surface area (Å²) in [7, 11) is 0. The Morgan fingerprint density at radius 2 is 1.96 bits per heavy atom. The van der Waals surface area contributed by atoms with Gasteiger partial charge >= 0.3 is 0 Å². The van der Waals surface area contributed by atoms with Gasteiger partial charge in [-0.2, -0.15) is 5.10 Å². The molecule has 0 aliphatic heterocycles. The molecule has 0 radical (unpaired) electrons. The Bertz CT molecular complexity index is 727. The quantitative estimate of drug-likeness (QED) is 0.391. The zero-order chi connectivity index (χ0) is 18.1. The van der Waals surface area contributed by atoms with E-state index in [-0.39, 0.29) is 17.4 Å². The molecule has 1 amide bonds. The molecule has 2 aromatic carbocycles. The Hall–Kier alpha value is -3.02. The second-order valence-corrected chi connectivity index (χ2v) is 5.44. The Morgan fingerprint density at radius 3 is 2.68 bits per heavy atom. The number of phenolic OH excluding ortho intramolecular Hbond substituents is 2. The lowest BCUT2D eigenvalue weighted by Crippen LogP contribution is -2.17. The van der Waals surface area contributed by atoms with E-state index >= 15 is 0 Å². The van der Waals surface area contributed by atoms with Crippen LogP contribution in [0, 0.1) is 0 Å². The van der Waals surface area contributed by atoms with Crippen LogP contribution in [0.5, 0.6) is 17.2 Å². The van der Waals surface area contributed by atoms with Gasteiger partial charge in [0.05, 0.1) is 12.8 Å². The van der Waals surface area contributed by atoms with Crippen LogP contribution in [0.15, 0.2) is 47.6 Å². The highest BCUT2D eigenvalue weighted by Crippen LogP contribution is 2.26. The Labute approximate surface area is 146 Å². The van der Waals surface area contributed by atoms with E-state index in [4.69, 9.17) is 4.74 Å². The van der Waals surface area contributed by atoms with Crippen molar-refractivity contribution in [2.24, 2.45) is 5.10 Å². The number of aryl methyl sites for hydroxylation is 1. The second kappa shape index (κ2) is 9.32. The number of hydrogen-bond acceptors (Lipinski definition) is 5. The summed E-state index contributed by atoms with van der Waals surface area (Å²) >= 11 is 0. The summed E-state index contributed by atoms with van der Waals surface area (Å²) in [6, 6.07) is 12.4. The van der Waals surface area contributed by atoms with Gasteiger partial charge in [-0.3, -0.25) is 4.79 Å². The maximum Gasteiger partial charge on any atom is 0.240 e. The molecular formula is C19H22N2O4. The number of phenols is 2. The SMILES string of the molecule is CCOc1ccc(CCCC(=O)NN=Cc2cccc(O)c2O)cc1. The van der Waals surface area contributed by atoms with Gasteiger partial charge in [-0.05, 0) is 49.6 Å². The number of carbonyl (C=O) groups excluding carboxylic acids is 1. The minimum atomic E-state index is -0.268. The molecule has 0 saturated heterocycles. The van der Waals surface area contributed by atoms with Gasteiger partial charge in [0.2, 0.25) is 5.91 Å². The first-order valence-corrected chi connectivity index (χ1v) is 8.14. The largest absolute Gasteiger partial charge is 0.504 e. The standard InChI is InChI=1S/C19H22N2O4/c1-2-25-16-11-9-14(10-12-16)5-3-8-18(23)21-20-13-15-6-4-7-17(22)19(15)24/h4,6-7,9-13,22,24H,2-3,5,8H2,1H3,(H,21,23). The Morgan fingerprint density at radius 1 is 1.20 bits per heavy atom. The Kier molecular flexibility index (Phi) is 6.83. The summed E-state index contributed by atoms with van der Waals surface area (Å²) in [4.78, 5) is 11.8. The summed E-state index contributed by atoms with van der Waals surface area (Å²) in [6.07, 6.45) is 3.12. The molecule has 0 fully saturated rings. The number of hydrazone groups is 1. The summed E-state index contributed by atoms with van der Waals surface area (Å²) in [5.41, 5.74) is 3.88. The van der Waals surface area contributed by atoms with Crippen LogP contribution in [-0.4, -0.2) is 28.9 Å². The van der Waals surface area contributed by atoms with Crippen LogP contribution < -0.4 is 10.2 Å². The van der Waals surface area contributed by atoms with Crippen LogP contribution in [0.1, 0.15) is 30.9 Å². The number of nitrogens with zero attached hydrogens (tertiary/aromatic N) is 1. The molecule has 0 unspecified atom stereocenters. The van der Waals surface area contributed by atoms with Crippen molar-refractivity contribution in [2.45, 2.75) is 26.2 Å². The first-order valence-electron chi connectivity index (χ1n) is 8.14. The fourth-order valence-corrected chi connectivity index (χ4v) is 2.25. The number of aromatic hydroxyl groups is 2. The minimum absolute atomic E-state index is 0.207. The summed E-state index contributed by atoms with van der Waals surface area (Å²) < 4.78 is 5.39. The van der Waals surface area contributed by atoms with Gasteiger partial charge in [0, 0.05) is 12.0 Å². The molecule has 0 heterocycles. The van der Waals surface area contributed by atoms with E-state index in [9.17, 15) is 15.0 Å². The average Bonchev–Trinajstić information content (AvgIpc) is 2.60. The number of carbonyl (C=O) groups is 1. The predicted molar refractivity (Wildman–Crippen MR) is 96.1 cm³/mol. The van der Waals surface area contributed by atoms with E-state index < -0.39 is 0 Å². The van der Waals surface area contributed by atoms with Crippen LogP contribution >= 0.6 is 0 Å². The highest BCUT2D eigenvalue weighted by atomic mass is 16.5. The summed E-state index contributed by atoms with van der Waals surface area (Å²) in [5, 5.41) is 22.8. The number of benzene rings is 2. The van der Waals surface area contributed by atoms with E-state index in [1.165, 1.54) is 12.3 Å². The summed E-state index contributed by atoms with van der Waals surface area (Å²) in [5.74, 6) is 0.136. The number of amides is 1. The molecule has 6 nitrogen and oxygen atoms in total. The third-order valence-corrected chi connectivity index (χ3v) is 3.54. The lowest BCUT2D eigenvalue weighted by Gasteiger charge is -2.05. The molecule has 0 saturated carbocycles. The molecule has 3 N–H and O–H groups in total. The molecule has 6 heteroatoms. The molecule has 0 aromatic heterocycles. The van der Waals surface area contributed by atoms with E-state index in [1.807, 2.05) is 31.2 Å². The molecule has 0 aliphatic rings. The normalized spacial score (nSPS) is 10.8. The van der Waals surface area contributed by atoms with Gasteiger partial charge in [-0.25, -0.2) is 5.43 Å². The molecule has 2 rings (SSSR count). The number of hydrogen-bond donors (Lipinski definition) is 3. The minimum Gasteiger partial charge on any atom is -0.504 e. The van der Waals surface area contributed by atoms with Gasteiger partial charge in [-0.15, -0.1) is 0 Å². The van der Waals surface area contributed by atoms with Crippen molar-refractivity contribution in [3.8, 4) is 17.2 Å². The molecular weight excluding hydrogens is 320 g/mol. The molecule has 132 valence electrons. The third-order valence-electron chi connectivity index (χ3n) is 3.54. The van der Waals surface area contributed by atoms with Gasteiger partial charge in [-0.1, -0.05) is 18.2 Å².